The molecule has 114 valence electrons. The van der Waals surface area contributed by atoms with Crippen molar-refractivity contribution in [1.29, 1.82) is 0 Å². The molecule has 1 amide bonds. The Balaban J connectivity index is 1.51. The molecule has 4 nitrogen and oxygen atoms in total. The Bertz CT molecular complexity index is 679. The molecular formula is C18H21N3O. The van der Waals surface area contributed by atoms with E-state index in [0.717, 1.165) is 37.2 Å². The number of aromatic amines is 1. The average molecular weight is 295 g/mol. The number of carbonyl (C=O) groups is 1. The zero-order valence-electron chi connectivity index (χ0n) is 12.5. The Kier molecular flexibility index (Phi) is 3.26. The van der Waals surface area contributed by atoms with E-state index >= 15 is 0 Å². The number of H-pyrrole nitrogens is 1. The molecule has 2 aliphatic rings. The molecule has 3 unspecified atom stereocenters. The molecule has 3 atom stereocenters. The van der Waals surface area contributed by atoms with Gasteiger partial charge in [-0.3, -0.25) is 4.79 Å². The van der Waals surface area contributed by atoms with Crippen molar-refractivity contribution in [2.45, 2.75) is 18.9 Å². The maximum atomic E-state index is 12.7. The van der Waals surface area contributed by atoms with Gasteiger partial charge in [-0.2, -0.15) is 0 Å². The van der Waals surface area contributed by atoms with Gasteiger partial charge in [0.05, 0.1) is 0 Å². The van der Waals surface area contributed by atoms with Gasteiger partial charge >= 0.3 is 0 Å². The summed E-state index contributed by atoms with van der Waals surface area (Å²) in [6, 6.07) is 14.2. The quantitative estimate of drug-likeness (QED) is 0.894. The maximum Gasteiger partial charge on any atom is 0.270 e. The van der Waals surface area contributed by atoms with E-state index in [-0.39, 0.29) is 11.9 Å². The van der Waals surface area contributed by atoms with Crippen LogP contribution in [0.5, 0.6) is 0 Å². The summed E-state index contributed by atoms with van der Waals surface area (Å²) >= 11 is 0. The summed E-state index contributed by atoms with van der Waals surface area (Å²) in [6.45, 7) is 1.67. The highest BCUT2D eigenvalue weighted by Gasteiger charge is 2.42. The van der Waals surface area contributed by atoms with E-state index in [4.69, 9.17) is 5.73 Å². The van der Waals surface area contributed by atoms with Gasteiger partial charge in [-0.25, -0.2) is 0 Å². The van der Waals surface area contributed by atoms with Crippen LogP contribution in [0.25, 0.3) is 11.3 Å². The second kappa shape index (κ2) is 5.29. The Morgan fingerprint density at radius 1 is 1.09 bits per heavy atom. The lowest BCUT2D eigenvalue weighted by molar-refractivity contribution is 0.0774. The molecule has 1 aliphatic heterocycles. The average Bonchev–Trinajstić information content (AvgIpc) is 3.25. The van der Waals surface area contributed by atoms with Crippen molar-refractivity contribution in [3.8, 4) is 11.3 Å². The lowest BCUT2D eigenvalue weighted by Gasteiger charge is -2.18. The molecule has 1 aromatic carbocycles. The largest absolute Gasteiger partial charge is 0.351 e. The molecule has 1 saturated carbocycles. The summed E-state index contributed by atoms with van der Waals surface area (Å²) in [5.74, 6) is 1.19. The number of hydrogen-bond donors (Lipinski definition) is 2. The van der Waals surface area contributed by atoms with Crippen LogP contribution in [-0.4, -0.2) is 34.9 Å². The fraction of sp³-hybridized carbons (Fsp3) is 0.389. The van der Waals surface area contributed by atoms with Gasteiger partial charge in [0, 0.05) is 24.8 Å². The number of fused-ring (bicyclic) bond motifs is 1. The standard InChI is InChI=1S/C18H21N3O/c19-15-7-6-13-10-21(11-14(13)15)18(22)17-9-8-16(20-17)12-4-2-1-3-5-12/h1-5,8-9,13-15,20H,6-7,10-11,19H2. The minimum Gasteiger partial charge on any atom is -0.351 e. The van der Waals surface area contributed by atoms with E-state index in [2.05, 4.69) is 4.98 Å². The molecule has 0 spiro atoms. The van der Waals surface area contributed by atoms with Crippen molar-refractivity contribution in [1.82, 2.24) is 9.88 Å². The van der Waals surface area contributed by atoms with Crippen LogP contribution in [0.4, 0.5) is 0 Å². The predicted molar refractivity (Wildman–Crippen MR) is 86.3 cm³/mol. The van der Waals surface area contributed by atoms with Crippen LogP contribution in [0.1, 0.15) is 23.3 Å². The highest BCUT2D eigenvalue weighted by Crippen LogP contribution is 2.37. The molecule has 2 heterocycles. The fourth-order valence-corrected chi connectivity index (χ4v) is 3.95. The molecule has 1 aromatic heterocycles. The minimum absolute atomic E-state index is 0.101. The topological polar surface area (TPSA) is 62.1 Å². The van der Waals surface area contributed by atoms with Gasteiger partial charge in [0.15, 0.2) is 0 Å². The first-order chi connectivity index (χ1) is 10.7. The van der Waals surface area contributed by atoms with Crippen molar-refractivity contribution in [2.24, 2.45) is 17.6 Å². The summed E-state index contributed by atoms with van der Waals surface area (Å²) < 4.78 is 0. The van der Waals surface area contributed by atoms with Crippen molar-refractivity contribution in [3.63, 3.8) is 0 Å². The first-order valence-electron chi connectivity index (χ1n) is 8.01. The smallest absolute Gasteiger partial charge is 0.270 e. The molecule has 0 radical (unpaired) electrons. The summed E-state index contributed by atoms with van der Waals surface area (Å²) in [7, 11) is 0. The van der Waals surface area contributed by atoms with E-state index in [1.54, 1.807) is 0 Å². The van der Waals surface area contributed by atoms with Crippen molar-refractivity contribution < 1.29 is 4.79 Å². The van der Waals surface area contributed by atoms with E-state index in [0.29, 0.717) is 17.5 Å². The van der Waals surface area contributed by atoms with Gasteiger partial charge in [-0.1, -0.05) is 30.3 Å². The van der Waals surface area contributed by atoms with E-state index < -0.39 is 0 Å². The van der Waals surface area contributed by atoms with Crippen molar-refractivity contribution in [3.05, 3.63) is 48.2 Å². The number of rotatable bonds is 2. The molecular weight excluding hydrogens is 274 g/mol. The third-order valence-corrected chi connectivity index (χ3v) is 5.20. The van der Waals surface area contributed by atoms with Gasteiger partial charge in [0.1, 0.15) is 5.69 Å². The molecule has 4 rings (SSSR count). The first-order valence-corrected chi connectivity index (χ1v) is 8.01. The molecule has 0 bridgehead atoms. The monoisotopic (exact) mass is 295 g/mol. The predicted octanol–water partition coefficient (Wildman–Crippen LogP) is 2.49. The van der Waals surface area contributed by atoms with Crippen LogP contribution >= 0.6 is 0 Å². The van der Waals surface area contributed by atoms with E-state index in [9.17, 15) is 4.79 Å². The Morgan fingerprint density at radius 2 is 1.91 bits per heavy atom. The molecule has 2 aromatic rings. The van der Waals surface area contributed by atoms with Gasteiger partial charge < -0.3 is 15.6 Å². The summed E-state index contributed by atoms with van der Waals surface area (Å²) in [5, 5.41) is 0. The molecule has 4 heteroatoms. The highest BCUT2D eigenvalue weighted by atomic mass is 16.2. The van der Waals surface area contributed by atoms with Gasteiger partial charge in [0.2, 0.25) is 0 Å². The maximum absolute atomic E-state index is 12.7. The zero-order chi connectivity index (χ0) is 15.1. The molecule has 3 N–H and O–H groups in total. The lowest BCUT2D eigenvalue weighted by atomic mass is 9.98. The third-order valence-electron chi connectivity index (χ3n) is 5.20. The third kappa shape index (κ3) is 2.24. The highest BCUT2D eigenvalue weighted by molar-refractivity contribution is 5.93. The number of benzene rings is 1. The number of nitrogens with two attached hydrogens (primary N) is 1. The summed E-state index contributed by atoms with van der Waals surface area (Å²) in [4.78, 5) is 17.9. The van der Waals surface area contributed by atoms with Crippen LogP contribution < -0.4 is 5.73 Å². The number of aromatic nitrogens is 1. The van der Waals surface area contributed by atoms with E-state index in [1.807, 2.05) is 47.4 Å². The van der Waals surface area contributed by atoms with E-state index in [1.165, 1.54) is 0 Å². The number of carbonyl (C=O) groups excluding carboxylic acids is 1. The summed E-state index contributed by atoms with van der Waals surface area (Å²) in [6.07, 6.45) is 2.27. The SMILES string of the molecule is NC1CCC2CN(C(=O)c3ccc(-c4ccccc4)[nH]3)CC12. The molecule has 1 aliphatic carbocycles. The van der Waals surface area contributed by atoms with Crippen LogP contribution in [0, 0.1) is 11.8 Å². The second-order valence-electron chi connectivity index (χ2n) is 6.53. The fourth-order valence-electron chi connectivity index (χ4n) is 3.95. The van der Waals surface area contributed by atoms with Crippen molar-refractivity contribution in [2.75, 3.05) is 13.1 Å². The number of likely N-dealkylation sites (tertiary alicyclic amines) is 1. The zero-order valence-corrected chi connectivity index (χ0v) is 12.5. The molecule has 2 fully saturated rings. The second-order valence-corrected chi connectivity index (χ2v) is 6.53. The minimum atomic E-state index is 0.101. The summed E-state index contributed by atoms with van der Waals surface area (Å²) in [5.41, 5.74) is 8.91. The number of hydrogen-bond acceptors (Lipinski definition) is 2. The molecule has 22 heavy (non-hydrogen) atoms. The lowest BCUT2D eigenvalue weighted by Crippen LogP contribution is -2.33. The van der Waals surface area contributed by atoms with Gasteiger partial charge in [0.25, 0.3) is 5.91 Å². The normalized spacial score (nSPS) is 27.1. The van der Waals surface area contributed by atoms with Gasteiger partial charge in [-0.05, 0) is 42.4 Å². The van der Waals surface area contributed by atoms with Crippen LogP contribution in [0.3, 0.4) is 0 Å². The number of amides is 1. The van der Waals surface area contributed by atoms with Crippen molar-refractivity contribution >= 4 is 5.91 Å². The number of nitrogens with zero attached hydrogens (tertiary/aromatic N) is 1. The molecule has 1 saturated heterocycles. The number of nitrogens with one attached hydrogen (secondary N) is 1. The van der Waals surface area contributed by atoms with Gasteiger partial charge in [-0.15, -0.1) is 0 Å². The van der Waals surface area contributed by atoms with Crippen LogP contribution in [0.2, 0.25) is 0 Å². The van der Waals surface area contributed by atoms with Crippen LogP contribution in [-0.2, 0) is 0 Å². The Labute approximate surface area is 130 Å². The Hall–Kier alpha value is -2.07. The Morgan fingerprint density at radius 3 is 2.68 bits per heavy atom. The first kappa shape index (κ1) is 13.6. The van der Waals surface area contributed by atoms with Crippen LogP contribution in [0.15, 0.2) is 42.5 Å².